The maximum absolute atomic E-state index is 6.19. The first-order chi connectivity index (χ1) is 9.66. The molecule has 0 radical (unpaired) electrons. The Bertz CT molecular complexity index is 746. The van der Waals surface area contributed by atoms with Gasteiger partial charge in [0.05, 0.1) is 18.0 Å². The Morgan fingerprint density at radius 1 is 1.10 bits per heavy atom. The van der Waals surface area contributed by atoms with Crippen LogP contribution < -0.4 is 5.73 Å². The molecule has 5 nitrogen and oxygen atoms in total. The quantitative estimate of drug-likeness (QED) is 0.772. The van der Waals surface area contributed by atoms with Crippen LogP contribution in [0.3, 0.4) is 0 Å². The molecule has 20 heavy (non-hydrogen) atoms. The number of rotatable bonds is 2. The Morgan fingerprint density at radius 3 is 2.65 bits per heavy atom. The summed E-state index contributed by atoms with van der Waals surface area (Å²) in [6.45, 7) is 2.06. The molecule has 0 aliphatic rings. The molecule has 0 saturated heterocycles. The van der Waals surface area contributed by atoms with Crippen molar-refractivity contribution in [3.05, 3.63) is 48.3 Å². The number of benzene rings is 1. The highest BCUT2D eigenvalue weighted by molar-refractivity contribution is 5.87. The molecule has 0 aliphatic carbocycles. The van der Waals surface area contributed by atoms with Crippen LogP contribution in [-0.4, -0.2) is 20.0 Å². The van der Waals surface area contributed by atoms with E-state index in [9.17, 15) is 0 Å². The van der Waals surface area contributed by atoms with E-state index in [2.05, 4.69) is 34.4 Å². The van der Waals surface area contributed by atoms with Gasteiger partial charge in [0.25, 0.3) is 0 Å². The van der Waals surface area contributed by atoms with E-state index < -0.39 is 0 Å². The smallest absolute Gasteiger partial charge is 0.129 e. The first-order valence-corrected chi connectivity index (χ1v) is 6.33. The topological polar surface area (TPSA) is 69.6 Å². The van der Waals surface area contributed by atoms with Gasteiger partial charge in [0.15, 0.2) is 0 Å². The number of aromatic nitrogens is 4. The third-order valence-corrected chi connectivity index (χ3v) is 3.26. The van der Waals surface area contributed by atoms with Crippen LogP contribution >= 0.6 is 0 Å². The zero-order valence-electron chi connectivity index (χ0n) is 11.4. The fourth-order valence-corrected chi connectivity index (χ4v) is 2.25. The normalized spacial score (nSPS) is 10.7. The molecule has 0 atom stereocenters. The van der Waals surface area contributed by atoms with E-state index in [-0.39, 0.29) is 0 Å². The second-order valence-electron chi connectivity index (χ2n) is 4.73. The molecule has 0 spiro atoms. The van der Waals surface area contributed by atoms with E-state index in [1.807, 2.05) is 25.2 Å². The molecule has 2 heterocycles. The van der Waals surface area contributed by atoms with Gasteiger partial charge in [-0.3, -0.25) is 4.68 Å². The summed E-state index contributed by atoms with van der Waals surface area (Å²) in [5, 5.41) is 12.2. The van der Waals surface area contributed by atoms with Gasteiger partial charge in [0.2, 0.25) is 0 Å². The molecule has 1 aromatic carbocycles. The lowest BCUT2D eigenvalue weighted by atomic mass is 10.0. The van der Waals surface area contributed by atoms with Crippen LogP contribution in [0.15, 0.2) is 42.7 Å². The third kappa shape index (κ3) is 2.03. The summed E-state index contributed by atoms with van der Waals surface area (Å²) in [4.78, 5) is 0. The van der Waals surface area contributed by atoms with Gasteiger partial charge in [0.1, 0.15) is 11.5 Å². The predicted molar refractivity (Wildman–Crippen MR) is 78.8 cm³/mol. The number of nitrogens with zero attached hydrogens (tertiary/aromatic N) is 4. The molecule has 0 amide bonds. The van der Waals surface area contributed by atoms with Crippen molar-refractivity contribution in [1.29, 1.82) is 0 Å². The van der Waals surface area contributed by atoms with Crippen LogP contribution in [-0.2, 0) is 7.05 Å². The zero-order valence-corrected chi connectivity index (χ0v) is 11.4. The number of hydrogen-bond acceptors (Lipinski definition) is 4. The first kappa shape index (κ1) is 12.3. The highest BCUT2D eigenvalue weighted by atomic mass is 15.3. The Kier molecular flexibility index (Phi) is 2.95. The second kappa shape index (κ2) is 4.77. The molecule has 0 saturated carbocycles. The number of aryl methyl sites for hydroxylation is 2. The Balaban J connectivity index is 2.25. The lowest BCUT2D eigenvalue weighted by molar-refractivity contribution is 0.782. The van der Waals surface area contributed by atoms with E-state index in [0.717, 1.165) is 22.4 Å². The van der Waals surface area contributed by atoms with Crippen molar-refractivity contribution in [3.8, 4) is 22.4 Å². The van der Waals surface area contributed by atoms with Crippen LogP contribution in [0.2, 0.25) is 0 Å². The molecule has 0 bridgehead atoms. The van der Waals surface area contributed by atoms with Crippen LogP contribution in [0.1, 0.15) is 5.56 Å². The van der Waals surface area contributed by atoms with Crippen molar-refractivity contribution >= 4 is 5.82 Å². The largest absolute Gasteiger partial charge is 0.383 e. The van der Waals surface area contributed by atoms with Gasteiger partial charge in [-0.1, -0.05) is 29.8 Å². The summed E-state index contributed by atoms with van der Waals surface area (Å²) in [7, 11) is 1.84. The fraction of sp³-hybridized carbons (Fsp3) is 0.133. The van der Waals surface area contributed by atoms with E-state index in [4.69, 9.17) is 5.73 Å². The Hall–Kier alpha value is -2.69. The highest BCUT2D eigenvalue weighted by Gasteiger charge is 2.17. The van der Waals surface area contributed by atoms with Crippen molar-refractivity contribution in [2.45, 2.75) is 6.92 Å². The highest BCUT2D eigenvalue weighted by Crippen LogP contribution is 2.35. The van der Waals surface area contributed by atoms with Crippen LogP contribution in [0.4, 0.5) is 5.82 Å². The van der Waals surface area contributed by atoms with Crippen LogP contribution in [0.25, 0.3) is 22.4 Å². The van der Waals surface area contributed by atoms with Gasteiger partial charge in [-0.15, -0.1) is 0 Å². The molecule has 0 aliphatic heterocycles. The molecule has 2 N–H and O–H groups in total. The van der Waals surface area contributed by atoms with Gasteiger partial charge in [-0.25, -0.2) is 0 Å². The summed E-state index contributed by atoms with van der Waals surface area (Å²) in [6, 6.07) is 10.1. The summed E-state index contributed by atoms with van der Waals surface area (Å²) < 4.78 is 1.69. The molecule has 3 rings (SSSR count). The van der Waals surface area contributed by atoms with Crippen LogP contribution in [0, 0.1) is 6.92 Å². The lowest BCUT2D eigenvalue weighted by Gasteiger charge is -2.05. The average Bonchev–Trinajstić information content (AvgIpc) is 2.76. The number of anilines is 1. The van der Waals surface area contributed by atoms with Crippen molar-refractivity contribution in [1.82, 2.24) is 20.0 Å². The summed E-state index contributed by atoms with van der Waals surface area (Å²) in [5.41, 5.74) is 11.1. The number of nitrogens with two attached hydrogens (primary N) is 1. The van der Waals surface area contributed by atoms with Gasteiger partial charge >= 0.3 is 0 Å². The molecule has 5 heteroatoms. The van der Waals surface area contributed by atoms with Crippen molar-refractivity contribution in [2.24, 2.45) is 7.05 Å². The monoisotopic (exact) mass is 265 g/mol. The molecule has 0 fully saturated rings. The zero-order chi connectivity index (χ0) is 14.1. The van der Waals surface area contributed by atoms with Crippen molar-refractivity contribution in [3.63, 3.8) is 0 Å². The van der Waals surface area contributed by atoms with Crippen molar-refractivity contribution in [2.75, 3.05) is 5.73 Å². The summed E-state index contributed by atoms with van der Waals surface area (Å²) in [6.07, 6.45) is 3.35. The van der Waals surface area contributed by atoms with Gasteiger partial charge in [-0.05, 0) is 18.6 Å². The van der Waals surface area contributed by atoms with E-state index in [1.54, 1.807) is 17.1 Å². The summed E-state index contributed by atoms with van der Waals surface area (Å²) >= 11 is 0. The molecule has 3 aromatic rings. The SMILES string of the molecule is Cc1cccc(-c2c(-c3ccnnc3)nn(C)c2N)c1. The molecule has 0 unspecified atom stereocenters. The number of nitrogen functional groups attached to an aromatic ring is 1. The van der Waals surface area contributed by atoms with Crippen molar-refractivity contribution < 1.29 is 0 Å². The Morgan fingerprint density at radius 2 is 1.95 bits per heavy atom. The van der Waals surface area contributed by atoms with Gasteiger partial charge < -0.3 is 5.73 Å². The second-order valence-corrected chi connectivity index (χ2v) is 4.73. The third-order valence-electron chi connectivity index (χ3n) is 3.26. The minimum atomic E-state index is 0.641. The Labute approximate surface area is 117 Å². The molecule has 2 aromatic heterocycles. The minimum Gasteiger partial charge on any atom is -0.383 e. The van der Waals surface area contributed by atoms with Crippen LogP contribution in [0.5, 0.6) is 0 Å². The molecule has 100 valence electrons. The standard InChI is InChI=1S/C15H15N5/c1-10-4-3-5-11(8-10)13-14(19-20(2)15(13)16)12-6-7-17-18-9-12/h3-9H,16H2,1-2H3. The molecular formula is C15H15N5. The van der Waals surface area contributed by atoms with E-state index >= 15 is 0 Å². The fourth-order valence-electron chi connectivity index (χ4n) is 2.25. The predicted octanol–water partition coefficient (Wildman–Crippen LogP) is 2.43. The van der Waals surface area contributed by atoms with E-state index in [1.165, 1.54) is 5.56 Å². The van der Waals surface area contributed by atoms with Gasteiger partial charge in [0, 0.05) is 12.6 Å². The van der Waals surface area contributed by atoms with E-state index in [0.29, 0.717) is 5.82 Å². The lowest BCUT2D eigenvalue weighted by Crippen LogP contribution is -1.98. The first-order valence-electron chi connectivity index (χ1n) is 6.33. The summed E-state index contributed by atoms with van der Waals surface area (Å²) in [5.74, 6) is 0.641. The maximum atomic E-state index is 6.19. The molecular weight excluding hydrogens is 250 g/mol. The van der Waals surface area contributed by atoms with Gasteiger partial charge in [-0.2, -0.15) is 15.3 Å². The number of hydrogen-bond donors (Lipinski definition) is 1. The average molecular weight is 265 g/mol. The maximum Gasteiger partial charge on any atom is 0.129 e. The minimum absolute atomic E-state index is 0.641.